The molecule has 1 aromatic heterocycles. The number of carbonyl (C=O) groups excluding carboxylic acids is 1. The Morgan fingerprint density at radius 1 is 1.33 bits per heavy atom. The standard InChI is InChI=1S/C18H22N2O3S/c1-18(22,14-6-11-24-12-14)13-19-17(21)15-4-2-3-5-16(15)20-7-9-23-10-8-20/h2-6,11-12,22H,7-10,13H2,1H3,(H,19,21)/t18-/m0/s1. The number of hydrogen-bond acceptors (Lipinski definition) is 5. The normalized spacial score (nSPS) is 17.3. The molecule has 0 saturated carbocycles. The first-order chi connectivity index (χ1) is 11.6. The number of aliphatic hydroxyl groups is 1. The summed E-state index contributed by atoms with van der Waals surface area (Å²) in [5.74, 6) is -0.174. The lowest BCUT2D eigenvalue weighted by Crippen LogP contribution is -2.40. The number of carbonyl (C=O) groups is 1. The van der Waals surface area contributed by atoms with Crippen molar-refractivity contribution in [3.63, 3.8) is 0 Å². The molecule has 1 aliphatic rings. The number of anilines is 1. The Hall–Kier alpha value is -1.89. The molecule has 1 aromatic carbocycles. The third-order valence-electron chi connectivity index (χ3n) is 4.24. The molecule has 6 heteroatoms. The molecule has 1 saturated heterocycles. The lowest BCUT2D eigenvalue weighted by atomic mass is 9.99. The number of benzene rings is 1. The molecule has 2 heterocycles. The zero-order valence-electron chi connectivity index (χ0n) is 13.7. The summed E-state index contributed by atoms with van der Waals surface area (Å²) in [5.41, 5.74) is 1.27. The number of para-hydroxylation sites is 1. The minimum absolute atomic E-state index is 0.167. The van der Waals surface area contributed by atoms with Crippen molar-refractivity contribution in [1.29, 1.82) is 0 Å². The Bertz CT molecular complexity index is 679. The number of nitrogens with one attached hydrogen (secondary N) is 1. The number of thiophene rings is 1. The third-order valence-corrected chi connectivity index (χ3v) is 4.92. The van der Waals surface area contributed by atoms with Gasteiger partial charge in [-0.2, -0.15) is 11.3 Å². The van der Waals surface area contributed by atoms with Gasteiger partial charge in [0, 0.05) is 18.8 Å². The Morgan fingerprint density at radius 3 is 2.79 bits per heavy atom. The predicted octanol–water partition coefficient (Wildman–Crippen LogP) is 2.22. The van der Waals surface area contributed by atoms with E-state index in [1.165, 1.54) is 11.3 Å². The van der Waals surface area contributed by atoms with E-state index in [0.717, 1.165) is 24.3 Å². The lowest BCUT2D eigenvalue weighted by Gasteiger charge is -2.30. The number of amides is 1. The van der Waals surface area contributed by atoms with Gasteiger partial charge in [0.25, 0.3) is 5.91 Å². The van der Waals surface area contributed by atoms with Crippen molar-refractivity contribution in [2.75, 3.05) is 37.7 Å². The molecule has 0 radical (unpaired) electrons. The van der Waals surface area contributed by atoms with E-state index in [1.54, 1.807) is 6.92 Å². The molecule has 128 valence electrons. The van der Waals surface area contributed by atoms with E-state index in [9.17, 15) is 9.90 Å². The highest BCUT2D eigenvalue weighted by molar-refractivity contribution is 7.08. The Labute approximate surface area is 145 Å². The SMILES string of the molecule is C[C@](O)(CNC(=O)c1ccccc1N1CCOCC1)c1ccsc1. The van der Waals surface area contributed by atoms with E-state index in [0.29, 0.717) is 18.8 Å². The summed E-state index contributed by atoms with van der Waals surface area (Å²) in [6.07, 6.45) is 0. The van der Waals surface area contributed by atoms with Crippen LogP contribution >= 0.6 is 11.3 Å². The molecule has 0 spiro atoms. The fourth-order valence-electron chi connectivity index (χ4n) is 2.77. The molecular formula is C18H22N2O3S. The van der Waals surface area contributed by atoms with Crippen LogP contribution in [0.5, 0.6) is 0 Å². The first-order valence-corrected chi connectivity index (χ1v) is 8.97. The summed E-state index contributed by atoms with van der Waals surface area (Å²) in [5, 5.41) is 17.2. The summed E-state index contributed by atoms with van der Waals surface area (Å²) >= 11 is 1.53. The molecule has 1 atom stereocenters. The van der Waals surface area contributed by atoms with Crippen LogP contribution in [0.2, 0.25) is 0 Å². The van der Waals surface area contributed by atoms with Gasteiger partial charge in [0.15, 0.2) is 0 Å². The Balaban J connectivity index is 1.71. The van der Waals surface area contributed by atoms with Crippen molar-refractivity contribution in [3.05, 3.63) is 52.2 Å². The highest BCUT2D eigenvalue weighted by Gasteiger charge is 2.25. The second kappa shape index (κ2) is 7.34. The minimum Gasteiger partial charge on any atom is -0.384 e. The predicted molar refractivity (Wildman–Crippen MR) is 95.7 cm³/mol. The monoisotopic (exact) mass is 346 g/mol. The van der Waals surface area contributed by atoms with Crippen LogP contribution in [-0.2, 0) is 10.3 Å². The molecule has 2 N–H and O–H groups in total. The molecule has 1 fully saturated rings. The number of ether oxygens (including phenoxy) is 1. The van der Waals surface area contributed by atoms with Crippen molar-refractivity contribution in [1.82, 2.24) is 5.32 Å². The summed E-state index contributed by atoms with van der Waals surface area (Å²) in [6, 6.07) is 9.44. The average molecular weight is 346 g/mol. The zero-order valence-corrected chi connectivity index (χ0v) is 14.5. The van der Waals surface area contributed by atoms with Gasteiger partial charge in [-0.25, -0.2) is 0 Å². The quantitative estimate of drug-likeness (QED) is 0.871. The number of hydrogen-bond donors (Lipinski definition) is 2. The van der Waals surface area contributed by atoms with Crippen LogP contribution in [0.3, 0.4) is 0 Å². The second-order valence-corrected chi connectivity index (χ2v) is 6.87. The highest BCUT2D eigenvalue weighted by Crippen LogP contribution is 2.24. The third kappa shape index (κ3) is 3.77. The van der Waals surface area contributed by atoms with E-state index in [2.05, 4.69) is 10.2 Å². The van der Waals surface area contributed by atoms with Crippen molar-refractivity contribution in [3.8, 4) is 0 Å². The van der Waals surface area contributed by atoms with Gasteiger partial charge in [-0.15, -0.1) is 0 Å². The molecule has 0 unspecified atom stereocenters. The molecule has 3 rings (SSSR count). The maximum atomic E-state index is 12.6. The number of rotatable bonds is 5. The molecule has 24 heavy (non-hydrogen) atoms. The van der Waals surface area contributed by atoms with Crippen LogP contribution in [0.25, 0.3) is 0 Å². The van der Waals surface area contributed by atoms with E-state index in [1.807, 2.05) is 41.1 Å². The van der Waals surface area contributed by atoms with Crippen LogP contribution in [0, 0.1) is 0 Å². The Kier molecular flexibility index (Phi) is 5.18. The topological polar surface area (TPSA) is 61.8 Å². The lowest BCUT2D eigenvalue weighted by molar-refractivity contribution is 0.0530. The van der Waals surface area contributed by atoms with Gasteiger partial charge in [0.05, 0.1) is 25.3 Å². The Morgan fingerprint density at radius 2 is 2.08 bits per heavy atom. The zero-order chi connectivity index (χ0) is 17.0. The number of nitrogens with zero attached hydrogens (tertiary/aromatic N) is 1. The number of morpholine rings is 1. The van der Waals surface area contributed by atoms with E-state index >= 15 is 0 Å². The van der Waals surface area contributed by atoms with Gasteiger partial charge in [-0.05, 0) is 41.4 Å². The minimum atomic E-state index is -1.08. The maximum absolute atomic E-state index is 12.6. The van der Waals surface area contributed by atoms with E-state index < -0.39 is 5.60 Å². The molecule has 5 nitrogen and oxygen atoms in total. The maximum Gasteiger partial charge on any atom is 0.253 e. The molecular weight excluding hydrogens is 324 g/mol. The van der Waals surface area contributed by atoms with Crippen molar-refractivity contribution in [2.45, 2.75) is 12.5 Å². The first-order valence-electron chi connectivity index (χ1n) is 8.03. The first kappa shape index (κ1) is 17.0. The van der Waals surface area contributed by atoms with Gasteiger partial charge in [0.1, 0.15) is 5.60 Å². The van der Waals surface area contributed by atoms with Crippen LogP contribution < -0.4 is 10.2 Å². The van der Waals surface area contributed by atoms with Gasteiger partial charge in [-0.1, -0.05) is 12.1 Å². The summed E-state index contributed by atoms with van der Waals surface area (Å²) in [6.45, 7) is 4.77. The molecule has 1 aliphatic heterocycles. The van der Waals surface area contributed by atoms with Crippen LogP contribution in [0.15, 0.2) is 41.1 Å². The summed E-state index contributed by atoms with van der Waals surface area (Å²) in [7, 11) is 0. The summed E-state index contributed by atoms with van der Waals surface area (Å²) < 4.78 is 5.38. The molecule has 0 bridgehead atoms. The molecule has 0 aliphatic carbocycles. The van der Waals surface area contributed by atoms with Crippen LogP contribution in [0.1, 0.15) is 22.8 Å². The highest BCUT2D eigenvalue weighted by atomic mass is 32.1. The molecule has 1 amide bonds. The largest absolute Gasteiger partial charge is 0.384 e. The van der Waals surface area contributed by atoms with E-state index in [4.69, 9.17) is 4.74 Å². The van der Waals surface area contributed by atoms with Crippen molar-refractivity contribution in [2.24, 2.45) is 0 Å². The molecule has 2 aromatic rings. The van der Waals surface area contributed by atoms with Crippen molar-refractivity contribution < 1.29 is 14.6 Å². The van der Waals surface area contributed by atoms with Gasteiger partial charge in [-0.3, -0.25) is 4.79 Å². The average Bonchev–Trinajstić information content (AvgIpc) is 3.16. The van der Waals surface area contributed by atoms with Crippen LogP contribution in [0.4, 0.5) is 5.69 Å². The summed E-state index contributed by atoms with van der Waals surface area (Å²) in [4.78, 5) is 14.8. The fourth-order valence-corrected chi connectivity index (χ4v) is 3.55. The fraction of sp³-hybridized carbons (Fsp3) is 0.389. The van der Waals surface area contributed by atoms with Crippen LogP contribution in [-0.4, -0.2) is 43.9 Å². The van der Waals surface area contributed by atoms with E-state index in [-0.39, 0.29) is 12.5 Å². The van der Waals surface area contributed by atoms with Crippen molar-refractivity contribution >= 4 is 22.9 Å². The van der Waals surface area contributed by atoms with Gasteiger partial charge < -0.3 is 20.1 Å². The second-order valence-electron chi connectivity index (χ2n) is 6.09. The van der Waals surface area contributed by atoms with Gasteiger partial charge >= 0.3 is 0 Å². The smallest absolute Gasteiger partial charge is 0.253 e. The van der Waals surface area contributed by atoms with Gasteiger partial charge in [0.2, 0.25) is 0 Å².